The first-order valence-corrected chi connectivity index (χ1v) is 5.69. The van der Waals surface area contributed by atoms with Gasteiger partial charge < -0.3 is 15.2 Å². The molecule has 0 radical (unpaired) electrons. The molecule has 4 nitrogen and oxygen atoms in total. The molecule has 0 aliphatic carbocycles. The molecule has 0 aliphatic heterocycles. The summed E-state index contributed by atoms with van der Waals surface area (Å²) in [6, 6.07) is 1.34. The fraction of sp³-hybridized carbons (Fsp3) is 0.417. The highest BCUT2D eigenvalue weighted by Gasteiger charge is 2.31. The molecule has 0 saturated carbocycles. The molecule has 0 fully saturated rings. The summed E-state index contributed by atoms with van der Waals surface area (Å²) < 4.78 is 57.9. The monoisotopic (exact) mass is 295 g/mol. The van der Waals surface area contributed by atoms with Gasteiger partial charge in [-0.15, -0.1) is 13.2 Å². The SMILES string of the molecule is CCOC(=O)C(N)Cc1cc(OC(F)(F)F)ccc1F. The number of alkyl halides is 3. The van der Waals surface area contributed by atoms with Gasteiger partial charge in [-0.2, -0.15) is 0 Å². The predicted molar refractivity (Wildman–Crippen MR) is 61.4 cm³/mol. The van der Waals surface area contributed by atoms with Crippen LogP contribution < -0.4 is 10.5 Å². The van der Waals surface area contributed by atoms with Crippen molar-refractivity contribution in [3.05, 3.63) is 29.6 Å². The van der Waals surface area contributed by atoms with Crippen molar-refractivity contribution >= 4 is 5.97 Å². The van der Waals surface area contributed by atoms with E-state index in [9.17, 15) is 22.4 Å². The molecule has 1 aromatic carbocycles. The fourth-order valence-electron chi connectivity index (χ4n) is 1.47. The molecule has 1 aromatic rings. The normalized spacial score (nSPS) is 12.9. The minimum absolute atomic E-state index is 0.103. The highest BCUT2D eigenvalue weighted by Crippen LogP contribution is 2.25. The van der Waals surface area contributed by atoms with Crippen molar-refractivity contribution in [2.24, 2.45) is 5.73 Å². The van der Waals surface area contributed by atoms with Crippen molar-refractivity contribution in [3.8, 4) is 5.75 Å². The Bertz CT molecular complexity index is 476. The maximum atomic E-state index is 13.5. The van der Waals surface area contributed by atoms with E-state index < -0.39 is 29.9 Å². The quantitative estimate of drug-likeness (QED) is 0.668. The van der Waals surface area contributed by atoms with Gasteiger partial charge in [0.15, 0.2) is 0 Å². The van der Waals surface area contributed by atoms with E-state index in [1.807, 2.05) is 0 Å². The lowest BCUT2D eigenvalue weighted by Gasteiger charge is -2.13. The molecule has 2 N–H and O–H groups in total. The Morgan fingerprint density at radius 1 is 1.40 bits per heavy atom. The molecule has 1 rings (SSSR count). The highest BCUT2D eigenvalue weighted by molar-refractivity contribution is 5.75. The first kappa shape index (κ1) is 16.2. The summed E-state index contributed by atoms with van der Waals surface area (Å²) in [5, 5.41) is 0. The topological polar surface area (TPSA) is 61.5 Å². The van der Waals surface area contributed by atoms with E-state index in [0.717, 1.165) is 18.2 Å². The lowest BCUT2D eigenvalue weighted by molar-refractivity contribution is -0.274. The van der Waals surface area contributed by atoms with Gasteiger partial charge in [0.25, 0.3) is 0 Å². The molecule has 1 unspecified atom stereocenters. The lowest BCUT2D eigenvalue weighted by atomic mass is 10.1. The van der Waals surface area contributed by atoms with E-state index in [1.54, 1.807) is 6.92 Å². The van der Waals surface area contributed by atoms with Crippen molar-refractivity contribution in [3.63, 3.8) is 0 Å². The highest BCUT2D eigenvalue weighted by atomic mass is 19.4. The maximum absolute atomic E-state index is 13.5. The van der Waals surface area contributed by atoms with Crippen molar-refractivity contribution in [2.45, 2.75) is 25.7 Å². The molecule has 0 aromatic heterocycles. The summed E-state index contributed by atoms with van der Waals surface area (Å²) >= 11 is 0. The molecule has 0 amide bonds. The third-order valence-electron chi connectivity index (χ3n) is 2.28. The van der Waals surface area contributed by atoms with Gasteiger partial charge in [0.2, 0.25) is 0 Å². The van der Waals surface area contributed by atoms with Gasteiger partial charge in [-0.25, -0.2) is 4.39 Å². The minimum atomic E-state index is -4.88. The Labute approximate surface area is 112 Å². The van der Waals surface area contributed by atoms with Crippen molar-refractivity contribution in [1.29, 1.82) is 0 Å². The van der Waals surface area contributed by atoms with E-state index in [-0.39, 0.29) is 18.6 Å². The van der Waals surface area contributed by atoms with Crippen molar-refractivity contribution < 1.29 is 31.8 Å². The van der Waals surface area contributed by atoms with E-state index in [2.05, 4.69) is 9.47 Å². The Kier molecular flexibility index (Phi) is 5.32. The average Bonchev–Trinajstić information content (AvgIpc) is 2.31. The summed E-state index contributed by atoms with van der Waals surface area (Å²) in [5.41, 5.74) is 5.32. The van der Waals surface area contributed by atoms with Crippen LogP contribution in [0, 0.1) is 5.82 Å². The number of ether oxygens (including phenoxy) is 2. The number of benzene rings is 1. The van der Waals surface area contributed by atoms with Gasteiger partial charge in [-0.3, -0.25) is 4.79 Å². The van der Waals surface area contributed by atoms with E-state index in [0.29, 0.717) is 0 Å². The Morgan fingerprint density at radius 3 is 2.60 bits per heavy atom. The number of carbonyl (C=O) groups is 1. The Morgan fingerprint density at radius 2 is 2.05 bits per heavy atom. The van der Waals surface area contributed by atoms with Crippen molar-refractivity contribution in [2.75, 3.05) is 6.61 Å². The number of esters is 1. The summed E-state index contributed by atoms with van der Waals surface area (Å²) in [6.45, 7) is 1.68. The second kappa shape index (κ2) is 6.56. The molecule has 0 saturated heterocycles. The summed E-state index contributed by atoms with van der Waals surface area (Å²) in [5.74, 6) is -2.11. The van der Waals surface area contributed by atoms with Crippen LogP contribution in [0.2, 0.25) is 0 Å². The maximum Gasteiger partial charge on any atom is 0.573 e. The number of nitrogens with two attached hydrogens (primary N) is 1. The largest absolute Gasteiger partial charge is 0.573 e. The fourth-order valence-corrected chi connectivity index (χ4v) is 1.47. The van der Waals surface area contributed by atoms with Crippen LogP contribution in [0.4, 0.5) is 17.6 Å². The molecule has 1 atom stereocenters. The zero-order valence-electron chi connectivity index (χ0n) is 10.5. The first-order chi connectivity index (χ1) is 9.23. The molecular formula is C12H13F4NO3. The van der Waals surface area contributed by atoms with Crippen LogP contribution in [0.5, 0.6) is 5.75 Å². The van der Waals surface area contributed by atoms with Crippen LogP contribution in [0.1, 0.15) is 12.5 Å². The van der Waals surface area contributed by atoms with Gasteiger partial charge in [0, 0.05) is 6.42 Å². The van der Waals surface area contributed by atoms with Gasteiger partial charge >= 0.3 is 12.3 Å². The average molecular weight is 295 g/mol. The van der Waals surface area contributed by atoms with Crippen LogP contribution in [0.25, 0.3) is 0 Å². The van der Waals surface area contributed by atoms with Gasteiger partial charge in [-0.1, -0.05) is 0 Å². The summed E-state index contributed by atoms with van der Waals surface area (Å²) in [6.07, 6.45) is -5.17. The zero-order chi connectivity index (χ0) is 15.3. The number of carbonyl (C=O) groups excluding carboxylic acids is 1. The Balaban J connectivity index is 2.84. The third kappa shape index (κ3) is 5.04. The first-order valence-electron chi connectivity index (χ1n) is 5.69. The Hall–Kier alpha value is -1.83. The van der Waals surface area contributed by atoms with Crippen LogP contribution in [0.15, 0.2) is 18.2 Å². The molecule has 20 heavy (non-hydrogen) atoms. The molecule has 0 aliphatic rings. The number of hydrogen-bond acceptors (Lipinski definition) is 4. The standard InChI is InChI=1S/C12H13F4NO3/c1-2-19-11(18)10(17)6-7-5-8(3-4-9(7)13)20-12(14,15)16/h3-5,10H,2,6,17H2,1H3. The van der Waals surface area contributed by atoms with Gasteiger partial charge in [-0.05, 0) is 30.7 Å². The number of halogens is 4. The zero-order valence-corrected chi connectivity index (χ0v) is 10.5. The molecular weight excluding hydrogens is 282 g/mol. The van der Waals surface area contributed by atoms with E-state index >= 15 is 0 Å². The molecule has 8 heteroatoms. The van der Waals surface area contributed by atoms with Crippen LogP contribution >= 0.6 is 0 Å². The second-order valence-corrected chi connectivity index (χ2v) is 3.86. The molecule has 0 bridgehead atoms. The summed E-state index contributed by atoms with van der Waals surface area (Å²) in [7, 11) is 0. The number of hydrogen-bond donors (Lipinski definition) is 1. The van der Waals surface area contributed by atoms with Crippen LogP contribution in [-0.4, -0.2) is 25.0 Å². The smallest absolute Gasteiger partial charge is 0.465 e. The molecule has 112 valence electrons. The number of rotatable bonds is 5. The predicted octanol–water partition coefficient (Wildman–Crippen LogP) is 2.16. The third-order valence-corrected chi connectivity index (χ3v) is 2.28. The minimum Gasteiger partial charge on any atom is -0.465 e. The molecule has 0 spiro atoms. The van der Waals surface area contributed by atoms with Crippen molar-refractivity contribution in [1.82, 2.24) is 0 Å². The summed E-state index contributed by atoms with van der Waals surface area (Å²) in [4.78, 5) is 11.3. The lowest BCUT2D eigenvalue weighted by Crippen LogP contribution is -2.34. The second-order valence-electron chi connectivity index (χ2n) is 3.86. The van der Waals surface area contributed by atoms with Crippen LogP contribution in [0.3, 0.4) is 0 Å². The molecule has 0 heterocycles. The van der Waals surface area contributed by atoms with Gasteiger partial charge in [0.05, 0.1) is 6.61 Å². The van der Waals surface area contributed by atoms with E-state index in [4.69, 9.17) is 5.73 Å². The van der Waals surface area contributed by atoms with Crippen LogP contribution in [-0.2, 0) is 16.0 Å². The van der Waals surface area contributed by atoms with E-state index in [1.165, 1.54) is 0 Å². The van der Waals surface area contributed by atoms with Gasteiger partial charge in [0.1, 0.15) is 17.6 Å².